The van der Waals surface area contributed by atoms with Crippen LogP contribution >= 0.6 is 0 Å². The molecule has 0 aromatic rings. The van der Waals surface area contributed by atoms with Crippen LogP contribution in [0.3, 0.4) is 0 Å². The molecule has 0 aliphatic heterocycles. The van der Waals surface area contributed by atoms with Gasteiger partial charge in [0.1, 0.15) is 0 Å². The van der Waals surface area contributed by atoms with E-state index in [0.29, 0.717) is 0 Å². The van der Waals surface area contributed by atoms with Gasteiger partial charge in [0, 0.05) is 26.4 Å². The van der Waals surface area contributed by atoms with Gasteiger partial charge in [0.25, 0.3) is 0 Å². The lowest BCUT2D eigenvalue weighted by Gasteiger charge is -2.10. The predicted molar refractivity (Wildman–Crippen MR) is 66.8 cm³/mol. The van der Waals surface area contributed by atoms with E-state index in [1.807, 2.05) is 6.92 Å². The number of rotatable bonds is 10. The molecule has 1 rings (SSSR count). The molecule has 1 N–H and O–H groups in total. The standard InChI is InChI=1S/C13H27NO2/c1-2-15-10-5-8-14-9-11-16-12-13-6-3-4-7-13/h13-14H,2-12H2,1H3. The van der Waals surface area contributed by atoms with Gasteiger partial charge >= 0.3 is 0 Å². The van der Waals surface area contributed by atoms with Crippen molar-refractivity contribution in [2.75, 3.05) is 39.5 Å². The molecule has 0 aromatic heterocycles. The average molecular weight is 229 g/mol. The molecule has 0 bridgehead atoms. The molecule has 96 valence electrons. The number of ether oxygens (including phenoxy) is 2. The summed E-state index contributed by atoms with van der Waals surface area (Å²) in [4.78, 5) is 0. The molecule has 1 fully saturated rings. The number of nitrogens with one attached hydrogen (secondary N) is 1. The third-order valence-corrected chi connectivity index (χ3v) is 3.10. The molecule has 1 saturated carbocycles. The smallest absolute Gasteiger partial charge is 0.0591 e. The van der Waals surface area contributed by atoms with Crippen molar-refractivity contribution in [1.82, 2.24) is 5.32 Å². The van der Waals surface area contributed by atoms with Crippen molar-refractivity contribution in [3.05, 3.63) is 0 Å². The second-order valence-corrected chi connectivity index (χ2v) is 4.53. The summed E-state index contributed by atoms with van der Waals surface area (Å²) in [5, 5.41) is 3.36. The van der Waals surface area contributed by atoms with E-state index in [-0.39, 0.29) is 0 Å². The van der Waals surface area contributed by atoms with Crippen LogP contribution in [-0.2, 0) is 9.47 Å². The molecule has 0 heterocycles. The van der Waals surface area contributed by atoms with E-state index >= 15 is 0 Å². The molecule has 0 radical (unpaired) electrons. The van der Waals surface area contributed by atoms with Crippen LogP contribution < -0.4 is 5.32 Å². The molecule has 3 heteroatoms. The van der Waals surface area contributed by atoms with E-state index in [9.17, 15) is 0 Å². The van der Waals surface area contributed by atoms with E-state index < -0.39 is 0 Å². The van der Waals surface area contributed by atoms with Gasteiger partial charge in [-0.3, -0.25) is 0 Å². The van der Waals surface area contributed by atoms with Crippen molar-refractivity contribution in [2.24, 2.45) is 5.92 Å². The second-order valence-electron chi connectivity index (χ2n) is 4.53. The maximum Gasteiger partial charge on any atom is 0.0591 e. The van der Waals surface area contributed by atoms with Crippen molar-refractivity contribution < 1.29 is 9.47 Å². The molecular weight excluding hydrogens is 202 g/mol. The third-order valence-electron chi connectivity index (χ3n) is 3.10. The van der Waals surface area contributed by atoms with Crippen LogP contribution in [0.15, 0.2) is 0 Å². The Labute approximate surface area is 99.9 Å². The first-order valence-corrected chi connectivity index (χ1v) is 6.79. The maximum atomic E-state index is 5.65. The first kappa shape index (κ1) is 13.9. The van der Waals surface area contributed by atoms with E-state index in [1.165, 1.54) is 25.7 Å². The zero-order valence-electron chi connectivity index (χ0n) is 10.7. The third kappa shape index (κ3) is 7.20. The van der Waals surface area contributed by atoms with E-state index in [0.717, 1.165) is 51.9 Å². The Hall–Kier alpha value is -0.120. The van der Waals surface area contributed by atoms with Gasteiger partial charge in [-0.05, 0) is 38.6 Å². The van der Waals surface area contributed by atoms with Crippen molar-refractivity contribution in [1.29, 1.82) is 0 Å². The van der Waals surface area contributed by atoms with Gasteiger partial charge in [-0.25, -0.2) is 0 Å². The lowest BCUT2D eigenvalue weighted by Crippen LogP contribution is -2.22. The van der Waals surface area contributed by atoms with Gasteiger partial charge < -0.3 is 14.8 Å². The summed E-state index contributed by atoms with van der Waals surface area (Å²) in [5.74, 6) is 0.845. The van der Waals surface area contributed by atoms with E-state index in [4.69, 9.17) is 9.47 Å². The lowest BCUT2D eigenvalue weighted by molar-refractivity contribution is 0.102. The fourth-order valence-corrected chi connectivity index (χ4v) is 2.14. The van der Waals surface area contributed by atoms with Gasteiger partial charge in [0.2, 0.25) is 0 Å². The Morgan fingerprint density at radius 3 is 2.62 bits per heavy atom. The highest BCUT2D eigenvalue weighted by atomic mass is 16.5. The molecule has 16 heavy (non-hydrogen) atoms. The van der Waals surface area contributed by atoms with Gasteiger partial charge in [-0.1, -0.05) is 12.8 Å². The second kappa shape index (κ2) is 10.1. The summed E-state index contributed by atoms with van der Waals surface area (Å²) in [6, 6.07) is 0. The Bertz CT molecular complexity index is 147. The largest absolute Gasteiger partial charge is 0.382 e. The molecule has 1 aliphatic rings. The highest BCUT2D eigenvalue weighted by Gasteiger charge is 2.14. The Kier molecular flexibility index (Phi) is 8.77. The molecular formula is C13H27NO2. The Morgan fingerprint density at radius 1 is 1.06 bits per heavy atom. The summed E-state index contributed by atoms with van der Waals surface area (Å²) in [7, 11) is 0. The van der Waals surface area contributed by atoms with E-state index in [2.05, 4.69) is 5.32 Å². The van der Waals surface area contributed by atoms with Crippen LogP contribution in [0.4, 0.5) is 0 Å². The zero-order chi connectivity index (χ0) is 11.5. The first-order valence-electron chi connectivity index (χ1n) is 6.79. The van der Waals surface area contributed by atoms with Gasteiger partial charge in [-0.15, -0.1) is 0 Å². The summed E-state index contributed by atoms with van der Waals surface area (Å²) in [6.07, 6.45) is 6.66. The van der Waals surface area contributed by atoms with Crippen LogP contribution in [0, 0.1) is 5.92 Å². The van der Waals surface area contributed by atoms with Crippen LogP contribution in [-0.4, -0.2) is 39.5 Å². The zero-order valence-corrected chi connectivity index (χ0v) is 10.7. The molecule has 0 aromatic carbocycles. The predicted octanol–water partition coefficient (Wildman–Crippen LogP) is 2.21. The minimum atomic E-state index is 0.824. The Balaban J connectivity index is 1.71. The molecule has 0 amide bonds. The SMILES string of the molecule is CCOCCCNCCOCC1CCCC1. The molecule has 3 nitrogen and oxygen atoms in total. The topological polar surface area (TPSA) is 30.5 Å². The average Bonchev–Trinajstić information content (AvgIpc) is 2.80. The first-order chi connectivity index (χ1) is 7.93. The quantitative estimate of drug-likeness (QED) is 0.583. The minimum Gasteiger partial charge on any atom is -0.382 e. The van der Waals surface area contributed by atoms with Crippen molar-refractivity contribution in [3.8, 4) is 0 Å². The highest BCUT2D eigenvalue weighted by molar-refractivity contribution is 4.66. The maximum absolute atomic E-state index is 5.65. The van der Waals surface area contributed by atoms with Crippen molar-refractivity contribution in [2.45, 2.75) is 39.0 Å². The van der Waals surface area contributed by atoms with Gasteiger partial charge in [0.05, 0.1) is 6.61 Å². The Morgan fingerprint density at radius 2 is 1.88 bits per heavy atom. The number of hydrogen-bond donors (Lipinski definition) is 1. The molecule has 0 atom stereocenters. The fraction of sp³-hybridized carbons (Fsp3) is 1.00. The minimum absolute atomic E-state index is 0.824. The summed E-state index contributed by atoms with van der Waals surface area (Å²) in [5.41, 5.74) is 0. The number of hydrogen-bond acceptors (Lipinski definition) is 3. The summed E-state index contributed by atoms with van der Waals surface area (Å²) in [6.45, 7) is 7.55. The summed E-state index contributed by atoms with van der Waals surface area (Å²) >= 11 is 0. The van der Waals surface area contributed by atoms with E-state index in [1.54, 1.807) is 0 Å². The molecule has 0 spiro atoms. The summed E-state index contributed by atoms with van der Waals surface area (Å²) < 4.78 is 10.9. The molecule has 0 saturated heterocycles. The van der Waals surface area contributed by atoms with Crippen LogP contribution in [0.2, 0.25) is 0 Å². The fourth-order valence-electron chi connectivity index (χ4n) is 2.14. The molecule has 1 aliphatic carbocycles. The lowest BCUT2D eigenvalue weighted by atomic mass is 10.1. The van der Waals surface area contributed by atoms with Crippen molar-refractivity contribution >= 4 is 0 Å². The van der Waals surface area contributed by atoms with Gasteiger partial charge in [-0.2, -0.15) is 0 Å². The molecule has 0 unspecified atom stereocenters. The normalized spacial score (nSPS) is 17.1. The van der Waals surface area contributed by atoms with Crippen LogP contribution in [0.5, 0.6) is 0 Å². The van der Waals surface area contributed by atoms with Crippen LogP contribution in [0.1, 0.15) is 39.0 Å². The van der Waals surface area contributed by atoms with Crippen LogP contribution in [0.25, 0.3) is 0 Å². The highest BCUT2D eigenvalue weighted by Crippen LogP contribution is 2.24. The monoisotopic (exact) mass is 229 g/mol. The van der Waals surface area contributed by atoms with Crippen molar-refractivity contribution in [3.63, 3.8) is 0 Å². The van der Waals surface area contributed by atoms with Gasteiger partial charge in [0.15, 0.2) is 0 Å².